The van der Waals surface area contributed by atoms with Crippen LogP contribution >= 0.6 is 0 Å². The van der Waals surface area contributed by atoms with Crippen LogP contribution < -0.4 is 4.74 Å². The van der Waals surface area contributed by atoms with Gasteiger partial charge >= 0.3 is 0 Å². The molecule has 128 valence electrons. The van der Waals surface area contributed by atoms with E-state index in [9.17, 15) is 0 Å². The maximum absolute atomic E-state index is 6.01. The molecule has 1 aromatic carbocycles. The summed E-state index contributed by atoms with van der Waals surface area (Å²) in [5.74, 6) is 1.65. The van der Waals surface area contributed by atoms with E-state index >= 15 is 0 Å². The second kappa shape index (κ2) is 8.13. The Bertz CT molecular complexity index is 673. The Morgan fingerprint density at radius 3 is 2.71 bits per heavy atom. The average molecular weight is 327 g/mol. The van der Waals surface area contributed by atoms with Gasteiger partial charge in [0.2, 0.25) is 0 Å². The van der Waals surface area contributed by atoms with Gasteiger partial charge in [0.05, 0.1) is 5.69 Å². The zero-order valence-electron chi connectivity index (χ0n) is 14.4. The lowest BCUT2D eigenvalue weighted by Gasteiger charge is -2.32. The third kappa shape index (κ3) is 4.69. The van der Waals surface area contributed by atoms with Gasteiger partial charge in [-0.25, -0.2) is 0 Å². The van der Waals surface area contributed by atoms with Crippen LogP contribution in [0.15, 0.2) is 34.9 Å². The van der Waals surface area contributed by atoms with E-state index in [0.717, 1.165) is 55.5 Å². The Morgan fingerprint density at radius 1 is 1.17 bits per heavy atom. The minimum Gasteiger partial charge on any atom is -0.492 e. The molecule has 1 aliphatic heterocycles. The van der Waals surface area contributed by atoms with Gasteiger partial charge in [-0.3, -0.25) is 4.90 Å². The number of para-hydroxylation sites is 1. The molecule has 0 radical (unpaired) electrons. The second-order valence-corrected chi connectivity index (χ2v) is 6.24. The van der Waals surface area contributed by atoms with Gasteiger partial charge in [-0.15, -0.1) is 0 Å². The Kier molecular flexibility index (Phi) is 5.67. The number of ether oxygens (including phenoxy) is 1. The molecule has 0 atom stereocenters. The lowest BCUT2D eigenvalue weighted by atomic mass is 10.2. The molecule has 3 rings (SSSR count). The van der Waals surface area contributed by atoms with E-state index in [4.69, 9.17) is 9.26 Å². The highest BCUT2D eigenvalue weighted by molar-refractivity contribution is 5.70. The smallest absolute Gasteiger partial charge is 0.159 e. The van der Waals surface area contributed by atoms with Gasteiger partial charge in [0, 0.05) is 44.4 Å². The van der Waals surface area contributed by atoms with Crippen LogP contribution in [-0.2, 0) is 0 Å². The first-order valence-corrected chi connectivity index (χ1v) is 8.45. The maximum Gasteiger partial charge on any atom is 0.159 e. The number of benzene rings is 1. The number of hydrogen-bond donors (Lipinski definition) is 0. The zero-order valence-corrected chi connectivity index (χ0v) is 14.4. The van der Waals surface area contributed by atoms with Crippen molar-refractivity contribution in [3.63, 3.8) is 0 Å². The number of nitrogens with zero attached hydrogens (tertiary/aromatic N) is 3. The van der Waals surface area contributed by atoms with Crippen molar-refractivity contribution in [3.05, 3.63) is 47.3 Å². The zero-order chi connectivity index (χ0) is 16.8. The van der Waals surface area contributed by atoms with Crippen LogP contribution in [0.25, 0.3) is 12.2 Å². The van der Waals surface area contributed by atoms with Crippen LogP contribution in [0.4, 0.5) is 0 Å². The van der Waals surface area contributed by atoms with Crippen LogP contribution in [0, 0.1) is 6.92 Å². The number of aromatic nitrogens is 1. The first-order chi connectivity index (χ1) is 11.7. The number of piperazine rings is 1. The second-order valence-electron chi connectivity index (χ2n) is 6.24. The van der Waals surface area contributed by atoms with E-state index in [2.05, 4.69) is 22.0 Å². The number of hydrogen-bond acceptors (Lipinski definition) is 5. The van der Waals surface area contributed by atoms with Gasteiger partial charge in [0.25, 0.3) is 0 Å². The van der Waals surface area contributed by atoms with Gasteiger partial charge in [-0.05, 0) is 32.2 Å². The summed E-state index contributed by atoms with van der Waals surface area (Å²) in [6.07, 6.45) is 3.92. The van der Waals surface area contributed by atoms with Gasteiger partial charge in [0.1, 0.15) is 12.4 Å². The Balaban J connectivity index is 1.55. The molecule has 1 saturated heterocycles. The van der Waals surface area contributed by atoms with E-state index in [-0.39, 0.29) is 0 Å². The third-order valence-corrected chi connectivity index (χ3v) is 4.25. The molecular formula is C19H25N3O2. The fraction of sp³-hybridized carbons (Fsp3) is 0.421. The monoisotopic (exact) mass is 327 g/mol. The minimum atomic E-state index is 0.704. The van der Waals surface area contributed by atoms with E-state index < -0.39 is 0 Å². The lowest BCUT2D eigenvalue weighted by molar-refractivity contribution is 0.133. The van der Waals surface area contributed by atoms with Crippen molar-refractivity contribution in [1.82, 2.24) is 15.0 Å². The fourth-order valence-corrected chi connectivity index (χ4v) is 2.74. The van der Waals surface area contributed by atoms with Crippen molar-refractivity contribution in [1.29, 1.82) is 0 Å². The molecular weight excluding hydrogens is 302 g/mol. The summed E-state index contributed by atoms with van der Waals surface area (Å²) >= 11 is 0. The number of likely N-dealkylation sites (N-methyl/N-ethyl adjacent to an activating group) is 1. The number of rotatable bonds is 6. The molecule has 1 aromatic heterocycles. The highest BCUT2D eigenvalue weighted by Crippen LogP contribution is 2.21. The summed E-state index contributed by atoms with van der Waals surface area (Å²) in [7, 11) is 2.17. The molecule has 1 fully saturated rings. The fourth-order valence-electron chi connectivity index (χ4n) is 2.74. The summed E-state index contributed by atoms with van der Waals surface area (Å²) in [6.45, 7) is 8.09. The molecule has 5 heteroatoms. The summed E-state index contributed by atoms with van der Waals surface area (Å²) in [5, 5.41) is 3.89. The Hall–Kier alpha value is -2.11. The van der Waals surface area contributed by atoms with Gasteiger partial charge in [-0.1, -0.05) is 23.4 Å². The third-order valence-electron chi connectivity index (χ3n) is 4.25. The predicted octanol–water partition coefficient (Wildman–Crippen LogP) is 2.78. The van der Waals surface area contributed by atoms with E-state index in [1.165, 1.54) is 0 Å². The largest absolute Gasteiger partial charge is 0.492 e. The highest BCUT2D eigenvalue weighted by Gasteiger charge is 2.13. The molecule has 0 N–H and O–H groups in total. The molecule has 1 aliphatic rings. The van der Waals surface area contributed by atoms with Crippen LogP contribution in [0.2, 0.25) is 0 Å². The van der Waals surface area contributed by atoms with E-state index in [1.807, 2.05) is 49.4 Å². The molecule has 2 heterocycles. The molecule has 0 aliphatic carbocycles. The van der Waals surface area contributed by atoms with Gasteiger partial charge in [-0.2, -0.15) is 0 Å². The van der Waals surface area contributed by atoms with Crippen molar-refractivity contribution in [2.75, 3.05) is 46.4 Å². The van der Waals surface area contributed by atoms with Gasteiger partial charge in [0.15, 0.2) is 5.76 Å². The van der Waals surface area contributed by atoms with E-state index in [0.29, 0.717) is 6.61 Å². The molecule has 0 saturated carbocycles. The average Bonchev–Trinajstić information content (AvgIpc) is 3.01. The summed E-state index contributed by atoms with van der Waals surface area (Å²) in [6, 6.07) is 9.98. The topological polar surface area (TPSA) is 41.7 Å². The van der Waals surface area contributed by atoms with Crippen molar-refractivity contribution < 1.29 is 9.26 Å². The quantitative estimate of drug-likeness (QED) is 0.816. The lowest BCUT2D eigenvalue weighted by Crippen LogP contribution is -2.45. The SMILES string of the molecule is Cc1cc(/C=C/c2ccccc2OCCN2CCN(C)CC2)on1. The molecule has 5 nitrogen and oxygen atoms in total. The van der Waals surface area contributed by atoms with Gasteiger partial charge < -0.3 is 14.2 Å². The Labute approximate surface area is 143 Å². The molecule has 24 heavy (non-hydrogen) atoms. The first-order valence-electron chi connectivity index (χ1n) is 8.45. The van der Waals surface area contributed by atoms with Crippen molar-refractivity contribution in [3.8, 4) is 5.75 Å². The number of aryl methyl sites for hydroxylation is 1. The minimum absolute atomic E-state index is 0.704. The van der Waals surface area contributed by atoms with Crippen molar-refractivity contribution >= 4 is 12.2 Å². The molecule has 0 unspecified atom stereocenters. The van der Waals surface area contributed by atoms with Crippen LogP contribution in [0.5, 0.6) is 5.75 Å². The highest BCUT2D eigenvalue weighted by atomic mass is 16.5. The molecule has 0 amide bonds. The van der Waals surface area contributed by atoms with Crippen molar-refractivity contribution in [2.45, 2.75) is 6.92 Å². The first kappa shape index (κ1) is 16.7. The Morgan fingerprint density at radius 2 is 1.96 bits per heavy atom. The van der Waals surface area contributed by atoms with Crippen LogP contribution in [0.3, 0.4) is 0 Å². The molecule has 2 aromatic rings. The molecule has 0 bridgehead atoms. The standard InChI is InChI=1S/C19H25N3O2/c1-16-15-18(24-20-16)8-7-17-5-3-4-6-19(17)23-14-13-22-11-9-21(2)10-12-22/h3-8,15H,9-14H2,1-2H3/b8-7+. The predicted molar refractivity (Wildman–Crippen MR) is 96.0 cm³/mol. The maximum atomic E-state index is 6.01. The summed E-state index contributed by atoms with van der Waals surface area (Å²) in [4.78, 5) is 4.82. The van der Waals surface area contributed by atoms with E-state index in [1.54, 1.807) is 0 Å². The van der Waals surface area contributed by atoms with Crippen LogP contribution in [0.1, 0.15) is 17.0 Å². The summed E-state index contributed by atoms with van der Waals surface area (Å²) in [5.41, 5.74) is 1.93. The summed E-state index contributed by atoms with van der Waals surface area (Å²) < 4.78 is 11.2. The van der Waals surface area contributed by atoms with Crippen LogP contribution in [-0.4, -0.2) is 61.3 Å². The normalized spacial score (nSPS) is 16.8. The van der Waals surface area contributed by atoms with Crippen molar-refractivity contribution in [2.24, 2.45) is 0 Å². The molecule has 0 spiro atoms.